The summed E-state index contributed by atoms with van der Waals surface area (Å²) in [6.45, 7) is 0. The van der Waals surface area contributed by atoms with E-state index in [4.69, 9.17) is 11.6 Å². The first kappa shape index (κ1) is 14.6. The molecular formula is C19H12ClN3O. The van der Waals surface area contributed by atoms with Crippen molar-refractivity contribution in [2.24, 2.45) is 0 Å². The van der Waals surface area contributed by atoms with Crippen molar-refractivity contribution < 1.29 is 0 Å². The maximum absolute atomic E-state index is 12.4. The number of hydrogen-bond acceptors (Lipinski definition) is 3. The van der Waals surface area contributed by atoms with Gasteiger partial charge in [0.2, 0.25) is 0 Å². The third-order valence-electron chi connectivity index (χ3n) is 3.86. The number of halogens is 1. The summed E-state index contributed by atoms with van der Waals surface area (Å²) in [5, 5.41) is 1.42. The molecular weight excluding hydrogens is 322 g/mol. The van der Waals surface area contributed by atoms with Gasteiger partial charge in [0.05, 0.1) is 11.2 Å². The van der Waals surface area contributed by atoms with Gasteiger partial charge in [0, 0.05) is 29.0 Å². The molecule has 2 heterocycles. The van der Waals surface area contributed by atoms with Gasteiger partial charge in [0.15, 0.2) is 0 Å². The molecule has 0 radical (unpaired) electrons. The van der Waals surface area contributed by atoms with E-state index in [0.717, 1.165) is 27.7 Å². The minimum Gasteiger partial charge on any atom is -0.265 e. The smallest absolute Gasteiger partial charge is 0.265 e. The second kappa shape index (κ2) is 5.91. The van der Waals surface area contributed by atoms with Crippen molar-refractivity contribution in [3.8, 4) is 16.8 Å². The number of aromatic nitrogens is 3. The molecule has 0 spiro atoms. The molecule has 0 fully saturated rings. The van der Waals surface area contributed by atoms with Crippen LogP contribution in [0.2, 0.25) is 5.02 Å². The Balaban J connectivity index is 2.11. The summed E-state index contributed by atoms with van der Waals surface area (Å²) in [5.41, 5.74) is 3.02. The summed E-state index contributed by atoms with van der Waals surface area (Å²) in [7, 11) is 0. The first-order valence-corrected chi connectivity index (χ1v) is 7.79. The Bertz CT molecular complexity index is 1080. The highest BCUT2D eigenvalue weighted by molar-refractivity contribution is 6.31. The van der Waals surface area contributed by atoms with E-state index in [-0.39, 0.29) is 5.69 Å². The molecule has 0 aliphatic rings. The van der Waals surface area contributed by atoms with Crippen molar-refractivity contribution in [1.29, 1.82) is 0 Å². The molecule has 2 aromatic heterocycles. The van der Waals surface area contributed by atoms with Gasteiger partial charge < -0.3 is 0 Å². The van der Waals surface area contributed by atoms with Gasteiger partial charge in [-0.15, -0.1) is 0 Å². The van der Waals surface area contributed by atoms with Crippen LogP contribution in [-0.4, -0.2) is 14.5 Å². The number of rotatable bonds is 2. The lowest BCUT2D eigenvalue weighted by Crippen LogP contribution is -2.21. The Kier molecular flexibility index (Phi) is 3.59. The predicted molar refractivity (Wildman–Crippen MR) is 95.6 cm³/mol. The standard InChI is InChI=1S/C19H12ClN3O/c20-14-10-16(13-6-8-21-9-7-13)17-12-22-19(24)23(18(17)11-14)15-4-2-1-3-5-15/h1-12H. The number of fused-ring (bicyclic) bond motifs is 1. The molecule has 0 saturated carbocycles. The van der Waals surface area contributed by atoms with E-state index >= 15 is 0 Å². The van der Waals surface area contributed by atoms with Gasteiger partial charge in [-0.1, -0.05) is 29.8 Å². The van der Waals surface area contributed by atoms with Crippen molar-refractivity contribution in [1.82, 2.24) is 14.5 Å². The van der Waals surface area contributed by atoms with Crippen LogP contribution in [0.4, 0.5) is 0 Å². The normalized spacial score (nSPS) is 10.9. The van der Waals surface area contributed by atoms with Crippen molar-refractivity contribution in [2.75, 3.05) is 0 Å². The van der Waals surface area contributed by atoms with Crippen LogP contribution in [0.15, 0.2) is 78.0 Å². The van der Waals surface area contributed by atoms with E-state index in [1.165, 1.54) is 0 Å². The summed E-state index contributed by atoms with van der Waals surface area (Å²) >= 11 is 6.33. The van der Waals surface area contributed by atoms with Gasteiger partial charge in [-0.25, -0.2) is 9.78 Å². The van der Waals surface area contributed by atoms with Crippen LogP contribution in [0.3, 0.4) is 0 Å². The molecule has 116 valence electrons. The Morgan fingerprint density at radius 2 is 1.71 bits per heavy atom. The third-order valence-corrected chi connectivity index (χ3v) is 4.08. The third kappa shape index (κ3) is 2.47. The van der Waals surface area contributed by atoms with Gasteiger partial charge in [-0.3, -0.25) is 9.55 Å². The Morgan fingerprint density at radius 1 is 0.958 bits per heavy atom. The lowest BCUT2D eigenvalue weighted by molar-refractivity contribution is 0.960. The van der Waals surface area contributed by atoms with Gasteiger partial charge in [0.25, 0.3) is 0 Å². The van der Waals surface area contributed by atoms with Crippen LogP contribution >= 0.6 is 11.6 Å². The monoisotopic (exact) mass is 333 g/mol. The predicted octanol–water partition coefficient (Wildman–Crippen LogP) is 4.10. The molecule has 4 rings (SSSR count). The van der Waals surface area contributed by atoms with E-state index in [1.54, 1.807) is 29.2 Å². The first-order valence-electron chi connectivity index (χ1n) is 7.41. The zero-order valence-corrected chi connectivity index (χ0v) is 13.3. The molecule has 0 saturated heterocycles. The van der Waals surface area contributed by atoms with Crippen molar-refractivity contribution in [3.05, 3.63) is 88.7 Å². The molecule has 2 aromatic carbocycles. The zero-order chi connectivity index (χ0) is 16.5. The van der Waals surface area contributed by atoms with E-state index in [2.05, 4.69) is 9.97 Å². The second-order valence-corrected chi connectivity index (χ2v) is 5.77. The molecule has 0 aliphatic heterocycles. The Hall–Kier alpha value is -2.98. The SMILES string of the molecule is O=c1ncc2c(-c3ccncc3)cc(Cl)cc2n1-c1ccccc1. The second-order valence-electron chi connectivity index (χ2n) is 5.33. The summed E-state index contributed by atoms with van der Waals surface area (Å²) in [5.74, 6) is 0. The Morgan fingerprint density at radius 3 is 2.46 bits per heavy atom. The van der Waals surface area contributed by atoms with Gasteiger partial charge in [0.1, 0.15) is 0 Å². The Labute approximate surface area is 143 Å². The van der Waals surface area contributed by atoms with Gasteiger partial charge in [-0.05, 0) is 47.5 Å². The first-order chi connectivity index (χ1) is 11.7. The molecule has 0 unspecified atom stereocenters. The summed E-state index contributed by atoms with van der Waals surface area (Å²) < 4.78 is 1.58. The van der Waals surface area contributed by atoms with Crippen LogP contribution in [0.1, 0.15) is 0 Å². The number of benzene rings is 2. The fraction of sp³-hybridized carbons (Fsp3) is 0. The molecule has 4 aromatic rings. The summed E-state index contributed by atoms with van der Waals surface area (Å²) in [6, 6.07) is 16.9. The highest BCUT2D eigenvalue weighted by Gasteiger charge is 2.12. The maximum atomic E-state index is 12.4. The number of nitrogens with zero attached hydrogens (tertiary/aromatic N) is 3. The fourth-order valence-corrected chi connectivity index (χ4v) is 3.01. The topological polar surface area (TPSA) is 47.8 Å². The molecule has 0 N–H and O–H groups in total. The minimum atomic E-state index is -0.336. The van der Waals surface area contributed by atoms with E-state index in [1.807, 2.05) is 48.5 Å². The number of pyridine rings is 1. The molecule has 5 heteroatoms. The minimum absolute atomic E-state index is 0.336. The van der Waals surface area contributed by atoms with Crippen molar-refractivity contribution in [2.45, 2.75) is 0 Å². The molecule has 0 amide bonds. The van der Waals surface area contributed by atoms with Crippen LogP contribution in [0.5, 0.6) is 0 Å². The van der Waals surface area contributed by atoms with E-state index in [0.29, 0.717) is 5.02 Å². The van der Waals surface area contributed by atoms with Crippen LogP contribution in [0, 0.1) is 0 Å². The van der Waals surface area contributed by atoms with Crippen molar-refractivity contribution >= 4 is 22.5 Å². The quantitative estimate of drug-likeness (QED) is 0.555. The van der Waals surface area contributed by atoms with Gasteiger partial charge in [-0.2, -0.15) is 0 Å². The highest BCUT2D eigenvalue weighted by Crippen LogP contribution is 2.31. The fourth-order valence-electron chi connectivity index (χ4n) is 2.80. The van der Waals surface area contributed by atoms with Crippen molar-refractivity contribution in [3.63, 3.8) is 0 Å². The van der Waals surface area contributed by atoms with Crippen LogP contribution in [-0.2, 0) is 0 Å². The number of hydrogen-bond donors (Lipinski definition) is 0. The summed E-state index contributed by atoms with van der Waals surface area (Å²) in [6.07, 6.45) is 5.05. The molecule has 24 heavy (non-hydrogen) atoms. The molecule has 0 atom stereocenters. The number of para-hydroxylation sites is 1. The lowest BCUT2D eigenvalue weighted by atomic mass is 10.0. The van der Waals surface area contributed by atoms with Gasteiger partial charge >= 0.3 is 5.69 Å². The van der Waals surface area contributed by atoms with E-state index < -0.39 is 0 Å². The lowest BCUT2D eigenvalue weighted by Gasteiger charge is -2.13. The molecule has 0 bridgehead atoms. The average Bonchev–Trinajstić information content (AvgIpc) is 2.62. The van der Waals surface area contributed by atoms with E-state index in [9.17, 15) is 4.79 Å². The maximum Gasteiger partial charge on any atom is 0.352 e. The zero-order valence-electron chi connectivity index (χ0n) is 12.6. The van der Waals surface area contributed by atoms with Crippen LogP contribution < -0.4 is 5.69 Å². The molecule has 4 nitrogen and oxygen atoms in total. The van der Waals surface area contributed by atoms with Crippen LogP contribution in [0.25, 0.3) is 27.7 Å². The summed E-state index contributed by atoms with van der Waals surface area (Å²) in [4.78, 5) is 20.5. The largest absolute Gasteiger partial charge is 0.352 e. The average molecular weight is 334 g/mol. The molecule has 0 aliphatic carbocycles. The highest BCUT2D eigenvalue weighted by atomic mass is 35.5.